The first-order chi connectivity index (χ1) is 8.72. The first-order valence-corrected chi connectivity index (χ1v) is 4.32. The minimum absolute atomic E-state index is 0.213. The molecule has 0 fully saturated rings. The molecule has 0 unspecified atom stereocenters. The van der Waals surface area contributed by atoms with E-state index in [1.54, 1.807) is 4.90 Å². The molecule has 0 radical (unpaired) electrons. The van der Waals surface area contributed by atoms with Crippen LogP contribution in [0.3, 0.4) is 0 Å². The fourth-order valence-electron chi connectivity index (χ4n) is 0.472. The number of hydrogen-bond acceptors (Lipinski definition) is 1. The monoisotopic (exact) mass is 295 g/mol. The molecule has 6 nitrogen and oxygen atoms in total. The van der Waals surface area contributed by atoms with Crippen LogP contribution in [0.1, 0.15) is 13.8 Å². The zero-order valence-corrected chi connectivity index (χ0v) is 11.0. The van der Waals surface area contributed by atoms with Crippen LogP contribution in [0.25, 0.3) is 0 Å². The van der Waals surface area contributed by atoms with Gasteiger partial charge in [0.2, 0.25) is 0 Å². The Morgan fingerprint density at radius 2 is 1.00 bits per heavy atom. The molecule has 98 valence electrons. The van der Waals surface area contributed by atoms with Gasteiger partial charge in [0.05, 0.1) is 0 Å². The van der Waals surface area contributed by atoms with Crippen molar-refractivity contribution < 1.29 is 43.5 Å². The summed E-state index contributed by atoms with van der Waals surface area (Å²) in [7, 11) is 0. The fourth-order valence-corrected chi connectivity index (χ4v) is 0.875. The van der Waals surface area contributed by atoms with Crippen LogP contribution in [0.2, 0.25) is 0 Å². The van der Waals surface area contributed by atoms with Gasteiger partial charge in [-0.2, -0.15) is 0 Å². The van der Waals surface area contributed by atoms with E-state index in [4.69, 9.17) is 23.3 Å². The number of halogens is 1. The maximum absolute atomic E-state index is 12.2. The SMILES string of the molecule is CCN(CC)[C](F)=[Cr].[C-]#[O+].[C-]#[O+].[C-]#[O+].[C-]#[O+].[C-]#[O+]. The molecule has 18 heavy (non-hydrogen) atoms. The van der Waals surface area contributed by atoms with Crippen LogP contribution in [0, 0.1) is 33.3 Å². The Balaban J connectivity index is -0.0000000304. The average molecular weight is 295 g/mol. The molecule has 0 amide bonds. The molecule has 0 spiro atoms. The summed E-state index contributed by atoms with van der Waals surface area (Å²) in [5, 5.41) is 0. The van der Waals surface area contributed by atoms with Gasteiger partial charge in [0.25, 0.3) is 0 Å². The summed E-state index contributed by atoms with van der Waals surface area (Å²) in [5.41, 5.74) is 0. The first-order valence-electron chi connectivity index (χ1n) is 3.68. The van der Waals surface area contributed by atoms with Gasteiger partial charge in [-0.25, -0.2) is 0 Å². The molecule has 0 aromatic heterocycles. The zero-order valence-electron chi connectivity index (χ0n) is 9.69. The van der Waals surface area contributed by atoms with Crippen LogP contribution in [0.5, 0.6) is 0 Å². The Bertz CT molecular complexity index is 208. The summed E-state index contributed by atoms with van der Waals surface area (Å²) in [4.78, 5) is 1.61. The van der Waals surface area contributed by atoms with E-state index in [1.165, 1.54) is 0 Å². The van der Waals surface area contributed by atoms with E-state index in [2.05, 4.69) is 49.1 Å². The first kappa shape index (κ1) is 36.0. The molecule has 0 aliphatic carbocycles. The third kappa shape index (κ3) is 60.0. The van der Waals surface area contributed by atoms with Crippen LogP contribution in [0.4, 0.5) is 4.39 Å². The van der Waals surface area contributed by atoms with E-state index in [0.717, 1.165) is 13.1 Å². The third-order valence-electron chi connectivity index (χ3n) is 1.01. The van der Waals surface area contributed by atoms with Crippen molar-refractivity contribution in [2.75, 3.05) is 13.1 Å². The summed E-state index contributed by atoms with van der Waals surface area (Å²) in [6, 6.07) is 0. The average Bonchev–Trinajstić information content (AvgIpc) is 2.50. The van der Waals surface area contributed by atoms with Crippen molar-refractivity contribution in [2.45, 2.75) is 13.8 Å². The second kappa shape index (κ2) is 73.5. The van der Waals surface area contributed by atoms with Crippen molar-refractivity contribution in [3.05, 3.63) is 33.3 Å². The van der Waals surface area contributed by atoms with E-state index >= 15 is 0 Å². The molecule has 0 bridgehead atoms. The second-order valence-electron chi connectivity index (χ2n) is 1.43. The van der Waals surface area contributed by atoms with Crippen LogP contribution in [-0.2, 0) is 39.1 Å². The van der Waals surface area contributed by atoms with Crippen LogP contribution >= 0.6 is 0 Å². The maximum atomic E-state index is 12.2. The molecule has 0 aromatic carbocycles. The predicted octanol–water partition coefficient (Wildman–Crippen LogP) is 0.744. The Morgan fingerprint density at radius 3 is 1.00 bits per heavy atom. The van der Waals surface area contributed by atoms with Gasteiger partial charge in [-0.3, -0.25) is 0 Å². The molecular formula is C10H10CrFNO5. The summed E-state index contributed by atoms with van der Waals surface area (Å²) >= 11 is 2.32. The van der Waals surface area contributed by atoms with Gasteiger partial charge in [-0.1, -0.05) is 0 Å². The van der Waals surface area contributed by atoms with E-state index in [0.29, 0.717) is 0 Å². The summed E-state index contributed by atoms with van der Waals surface area (Å²) in [5.74, 6) is 0. The van der Waals surface area contributed by atoms with Gasteiger partial charge in [0, 0.05) is 0 Å². The van der Waals surface area contributed by atoms with Crippen molar-refractivity contribution in [1.29, 1.82) is 0 Å². The summed E-state index contributed by atoms with van der Waals surface area (Å²) in [6.45, 7) is 27.8. The van der Waals surface area contributed by atoms with Gasteiger partial charge in [0.15, 0.2) is 0 Å². The van der Waals surface area contributed by atoms with Crippen molar-refractivity contribution >= 4 is 4.76 Å². The Kier molecular flexibility index (Phi) is 147. The second-order valence-corrected chi connectivity index (χ2v) is 1.95. The number of hydrogen-bond donors (Lipinski definition) is 0. The van der Waals surface area contributed by atoms with E-state index < -0.39 is 0 Å². The van der Waals surface area contributed by atoms with E-state index in [-0.39, 0.29) is 4.76 Å². The van der Waals surface area contributed by atoms with Crippen molar-refractivity contribution in [1.82, 2.24) is 4.90 Å². The minimum atomic E-state index is -0.213. The summed E-state index contributed by atoms with van der Waals surface area (Å²) < 4.78 is 49.4. The molecular weight excluding hydrogens is 285 g/mol. The molecule has 0 aromatic rings. The molecule has 0 saturated heterocycles. The predicted molar refractivity (Wildman–Crippen MR) is 48.7 cm³/mol. The van der Waals surface area contributed by atoms with Gasteiger partial charge in [-0.15, -0.1) is 0 Å². The molecule has 0 aliphatic heterocycles. The molecule has 0 heterocycles. The zero-order chi connectivity index (χ0) is 16.6. The fraction of sp³-hybridized carbons (Fsp3) is 0.400. The van der Waals surface area contributed by atoms with Gasteiger partial charge in [-0.05, 0) is 0 Å². The normalized spacial score (nSPS) is 5.00. The standard InChI is InChI=1S/C5H10FN.5CO.Cr/c1-3-7(4-2)5-6;5*1-2;/h3-4H2,1-2H3;;;;;;. The van der Waals surface area contributed by atoms with Crippen molar-refractivity contribution in [3.8, 4) is 0 Å². The Morgan fingerprint density at radius 1 is 0.833 bits per heavy atom. The molecule has 0 saturated carbocycles. The third-order valence-corrected chi connectivity index (χ3v) is 1.42. The molecule has 0 aliphatic rings. The van der Waals surface area contributed by atoms with Crippen LogP contribution < -0.4 is 0 Å². The topological polar surface area (TPSA) is 103 Å². The van der Waals surface area contributed by atoms with Crippen molar-refractivity contribution in [2.24, 2.45) is 0 Å². The Hall–Kier alpha value is -1.01. The quantitative estimate of drug-likeness (QED) is 0.428. The Labute approximate surface area is 114 Å². The number of rotatable bonds is 3. The van der Waals surface area contributed by atoms with E-state index in [9.17, 15) is 4.39 Å². The van der Waals surface area contributed by atoms with Gasteiger partial charge < -0.3 is 0 Å². The molecule has 0 atom stereocenters. The summed E-state index contributed by atoms with van der Waals surface area (Å²) in [6.07, 6.45) is 0. The van der Waals surface area contributed by atoms with Gasteiger partial charge >= 0.3 is 113 Å². The molecule has 0 N–H and O–H groups in total. The van der Waals surface area contributed by atoms with E-state index in [1.807, 2.05) is 13.8 Å². The van der Waals surface area contributed by atoms with Crippen LogP contribution in [0.15, 0.2) is 0 Å². The van der Waals surface area contributed by atoms with Crippen LogP contribution in [-0.4, -0.2) is 22.7 Å². The van der Waals surface area contributed by atoms with Gasteiger partial charge in [0.1, 0.15) is 0 Å². The number of nitrogens with zero attached hydrogens (tertiary/aromatic N) is 1. The molecule has 0 rings (SSSR count). The molecule has 8 heteroatoms. The van der Waals surface area contributed by atoms with Crippen molar-refractivity contribution in [3.63, 3.8) is 0 Å².